The lowest BCUT2D eigenvalue weighted by atomic mass is 10.1. The first-order valence-electron chi connectivity index (χ1n) is 14.1. The second-order valence-corrected chi connectivity index (χ2v) is 9.62. The van der Waals surface area contributed by atoms with E-state index in [4.69, 9.17) is 18.9 Å². The number of hydrogen-bond acceptors (Lipinski definition) is 7. The smallest absolute Gasteiger partial charge is 0.407 e. The molecule has 1 amide bonds. The summed E-state index contributed by atoms with van der Waals surface area (Å²) in [6.07, 6.45) is 8.78. The Hall–Kier alpha value is -3.10. The number of hydrogen-bond donors (Lipinski definition) is 2. The standard InChI is InChI=1S/C31H45NO7/c1-36-29-19-17-27(18-20-29)22-37-24-28(33)25-38-30(34)16-12-7-5-3-2-4-6-8-13-21-32-31(35)39-23-26-14-10-9-11-15-26/h9-11,14-15,17-20,28,33H,2-8,12-13,16,21-25H2,1H3,(H,32,35)/t28-/m0/s1. The Morgan fingerprint density at radius 1 is 0.744 bits per heavy atom. The van der Waals surface area contributed by atoms with Crippen LogP contribution in [0.4, 0.5) is 4.79 Å². The average molecular weight is 544 g/mol. The van der Waals surface area contributed by atoms with Gasteiger partial charge in [0.15, 0.2) is 0 Å². The highest BCUT2D eigenvalue weighted by atomic mass is 16.6. The summed E-state index contributed by atoms with van der Waals surface area (Å²) in [5.41, 5.74) is 1.96. The van der Waals surface area contributed by atoms with Gasteiger partial charge in [-0.1, -0.05) is 87.4 Å². The first-order chi connectivity index (χ1) is 19.1. The molecule has 0 spiro atoms. The molecule has 0 fully saturated rings. The van der Waals surface area contributed by atoms with Gasteiger partial charge in [-0.3, -0.25) is 4.79 Å². The number of amides is 1. The molecule has 2 aromatic carbocycles. The van der Waals surface area contributed by atoms with Crippen LogP contribution in [0.1, 0.15) is 75.3 Å². The Balaban J connectivity index is 1.32. The number of alkyl carbamates (subject to hydrolysis) is 1. The van der Waals surface area contributed by atoms with Crippen molar-refractivity contribution in [1.82, 2.24) is 5.32 Å². The summed E-state index contributed by atoms with van der Waals surface area (Å²) >= 11 is 0. The van der Waals surface area contributed by atoms with E-state index in [0.29, 0.717) is 26.2 Å². The number of carbonyl (C=O) groups excluding carboxylic acids is 2. The van der Waals surface area contributed by atoms with Gasteiger partial charge in [0, 0.05) is 13.0 Å². The van der Waals surface area contributed by atoms with Crippen LogP contribution in [0.2, 0.25) is 0 Å². The number of nitrogens with one attached hydrogen (secondary N) is 1. The molecule has 0 saturated carbocycles. The monoisotopic (exact) mass is 543 g/mol. The van der Waals surface area contributed by atoms with Gasteiger partial charge in [0.25, 0.3) is 0 Å². The van der Waals surface area contributed by atoms with Crippen LogP contribution in [0.3, 0.4) is 0 Å². The van der Waals surface area contributed by atoms with E-state index in [2.05, 4.69) is 5.32 Å². The van der Waals surface area contributed by atoms with Crippen molar-refractivity contribution < 1.29 is 33.6 Å². The summed E-state index contributed by atoms with van der Waals surface area (Å²) in [6, 6.07) is 17.2. The summed E-state index contributed by atoms with van der Waals surface area (Å²) in [7, 11) is 1.62. The zero-order chi connectivity index (χ0) is 28.0. The van der Waals surface area contributed by atoms with Crippen molar-refractivity contribution in [3.05, 3.63) is 65.7 Å². The van der Waals surface area contributed by atoms with E-state index in [1.54, 1.807) is 7.11 Å². The lowest BCUT2D eigenvalue weighted by Gasteiger charge is -2.12. The Bertz CT molecular complexity index is 905. The Labute approximate surface area is 233 Å². The van der Waals surface area contributed by atoms with Crippen LogP contribution in [0, 0.1) is 0 Å². The summed E-state index contributed by atoms with van der Waals surface area (Å²) in [5.74, 6) is 0.504. The number of aliphatic hydroxyl groups excluding tert-OH is 1. The molecule has 0 radical (unpaired) electrons. The molecule has 0 unspecified atom stereocenters. The van der Waals surface area contributed by atoms with Crippen LogP contribution >= 0.6 is 0 Å². The molecule has 0 aliphatic heterocycles. The normalized spacial score (nSPS) is 11.5. The van der Waals surface area contributed by atoms with Gasteiger partial charge in [0.05, 0.1) is 20.3 Å². The van der Waals surface area contributed by atoms with Gasteiger partial charge in [-0.05, 0) is 36.1 Å². The molecule has 0 aromatic heterocycles. The van der Waals surface area contributed by atoms with Gasteiger partial charge in [-0.2, -0.15) is 0 Å². The average Bonchev–Trinajstić information content (AvgIpc) is 2.96. The van der Waals surface area contributed by atoms with Crippen molar-refractivity contribution >= 4 is 12.1 Å². The summed E-state index contributed by atoms with van der Waals surface area (Å²) in [6.45, 7) is 1.36. The minimum absolute atomic E-state index is 0.0498. The van der Waals surface area contributed by atoms with Gasteiger partial charge in [0.1, 0.15) is 25.1 Å². The van der Waals surface area contributed by atoms with E-state index in [-0.39, 0.29) is 25.3 Å². The molecule has 1 atom stereocenters. The fraction of sp³-hybridized carbons (Fsp3) is 0.548. The van der Waals surface area contributed by atoms with Crippen molar-refractivity contribution in [2.24, 2.45) is 0 Å². The third-order valence-corrected chi connectivity index (χ3v) is 6.21. The number of aliphatic hydroxyl groups is 1. The third kappa shape index (κ3) is 16.5. The minimum Gasteiger partial charge on any atom is -0.497 e. The maximum absolute atomic E-state index is 11.9. The summed E-state index contributed by atoms with van der Waals surface area (Å²) in [4.78, 5) is 23.6. The topological polar surface area (TPSA) is 103 Å². The van der Waals surface area contributed by atoms with Crippen molar-refractivity contribution in [1.29, 1.82) is 0 Å². The van der Waals surface area contributed by atoms with E-state index in [1.807, 2.05) is 54.6 Å². The highest BCUT2D eigenvalue weighted by molar-refractivity contribution is 5.69. The lowest BCUT2D eigenvalue weighted by Crippen LogP contribution is -2.25. The Morgan fingerprint density at radius 2 is 1.36 bits per heavy atom. The molecule has 8 nitrogen and oxygen atoms in total. The second kappa shape index (κ2) is 20.8. The Kier molecular flexibility index (Phi) is 17.1. The molecule has 2 N–H and O–H groups in total. The summed E-state index contributed by atoms with van der Waals surface area (Å²) in [5, 5.41) is 12.8. The zero-order valence-corrected chi connectivity index (χ0v) is 23.3. The maximum Gasteiger partial charge on any atom is 0.407 e. The van der Waals surface area contributed by atoms with Crippen LogP contribution in [-0.4, -0.2) is 50.1 Å². The fourth-order valence-electron chi connectivity index (χ4n) is 3.94. The number of carbonyl (C=O) groups is 2. The zero-order valence-electron chi connectivity index (χ0n) is 23.3. The molecule has 0 heterocycles. The molecule has 8 heteroatoms. The number of methoxy groups -OCH3 is 1. The Morgan fingerprint density at radius 3 is 2.03 bits per heavy atom. The van der Waals surface area contributed by atoms with Crippen LogP contribution in [0.25, 0.3) is 0 Å². The van der Waals surface area contributed by atoms with E-state index in [0.717, 1.165) is 61.8 Å². The van der Waals surface area contributed by atoms with Crippen molar-refractivity contribution in [2.45, 2.75) is 83.5 Å². The van der Waals surface area contributed by atoms with E-state index in [1.165, 1.54) is 12.8 Å². The first-order valence-corrected chi connectivity index (χ1v) is 14.1. The van der Waals surface area contributed by atoms with E-state index in [9.17, 15) is 14.7 Å². The molecular formula is C31H45NO7. The van der Waals surface area contributed by atoms with Crippen LogP contribution < -0.4 is 10.1 Å². The summed E-state index contributed by atoms with van der Waals surface area (Å²) < 4.78 is 21.0. The van der Waals surface area contributed by atoms with Gasteiger partial charge < -0.3 is 29.4 Å². The number of unbranched alkanes of at least 4 members (excludes halogenated alkanes) is 8. The van der Waals surface area contributed by atoms with Gasteiger partial charge in [-0.25, -0.2) is 4.79 Å². The quantitative estimate of drug-likeness (QED) is 0.148. The molecular weight excluding hydrogens is 498 g/mol. The highest BCUT2D eigenvalue weighted by Crippen LogP contribution is 2.13. The number of esters is 1. The van der Waals surface area contributed by atoms with E-state index >= 15 is 0 Å². The largest absolute Gasteiger partial charge is 0.497 e. The van der Waals surface area contributed by atoms with E-state index < -0.39 is 6.10 Å². The molecule has 2 aromatic rings. The van der Waals surface area contributed by atoms with Crippen molar-refractivity contribution in [3.63, 3.8) is 0 Å². The van der Waals surface area contributed by atoms with Gasteiger partial charge in [-0.15, -0.1) is 0 Å². The number of rotatable bonds is 21. The lowest BCUT2D eigenvalue weighted by molar-refractivity contribution is -0.148. The molecule has 2 rings (SSSR count). The predicted molar refractivity (Wildman–Crippen MR) is 150 cm³/mol. The van der Waals surface area contributed by atoms with Gasteiger partial charge >= 0.3 is 12.1 Å². The predicted octanol–water partition coefficient (Wildman–Crippen LogP) is 5.94. The first kappa shape index (κ1) is 32.1. The number of benzene rings is 2. The molecule has 0 bridgehead atoms. The van der Waals surface area contributed by atoms with Crippen LogP contribution in [-0.2, 0) is 32.2 Å². The number of ether oxygens (including phenoxy) is 4. The van der Waals surface area contributed by atoms with Gasteiger partial charge in [0.2, 0.25) is 0 Å². The molecule has 39 heavy (non-hydrogen) atoms. The molecule has 0 aliphatic carbocycles. The maximum atomic E-state index is 11.9. The van der Waals surface area contributed by atoms with Crippen LogP contribution in [0.5, 0.6) is 5.75 Å². The second-order valence-electron chi connectivity index (χ2n) is 9.62. The third-order valence-electron chi connectivity index (χ3n) is 6.21. The fourth-order valence-corrected chi connectivity index (χ4v) is 3.94. The highest BCUT2D eigenvalue weighted by Gasteiger charge is 2.09. The molecule has 216 valence electrons. The SMILES string of the molecule is COc1ccc(COC[C@H](O)COC(=O)CCCCCCCCCCCNC(=O)OCc2ccccc2)cc1. The van der Waals surface area contributed by atoms with Crippen molar-refractivity contribution in [2.75, 3.05) is 26.9 Å². The molecule has 0 aliphatic rings. The molecule has 0 saturated heterocycles. The minimum atomic E-state index is -0.837. The van der Waals surface area contributed by atoms with Crippen molar-refractivity contribution in [3.8, 4) is 5.75 Å². The van der Waals surface area contributed by atoms with Crippen LogP contribution in [0.15, 0.2) is 54.6 Å².